The summed E-state index contributed by atoms with van der Waals surface area (Å²) < 4.78 is 56.8. The van der Waals surface area contributed by atoms with Gasteiger partial charge in [-0.1, -0.05) is 35.9 Å². The summed E-state index contributed by atoms with van der Waals surface area (Å²) >= 11 is 5.95. The zero-order valence-corrected chi connectivity index (χ0v) is 25.4. The predicted octanol–water partition coefficient (Wildman–Crippen LogP) is 6.21. The Hall–Kier alpha value is -3.86. The van der Waals surface area contributed by atoms with E-state index in [9.17, 15) is 21.6 Å². The Balaban J connectivity index is 1.56. The van der Waals surface area contributed by atoms with Gasteiger partial charge in [-0.15, -0.1) is 0 Å². The Labute approximate surface area is 246 Å². The lowest BCUT2D eigenvalue weighted by Crippen LogP contribution is -2.38. The third-order valence-corrected chi connectivity index (χ3v) is 10.0. The third kappa shape index (κ3) is 6.90. The van der Waals surface area contributed by atoms with E-state index < -0.39 is 32.5 Å². The second-order valence-electron chi connectivity index (χ2n) is 9.68. The van der Waals surface area contributed by atoms with Crippen molar-refractivity contribution >= 4 is 54.6 Å². The Morgan fingerprint density at radius 1 is 0.732 bits per heavy atom. The first-order valence-corrected chi connectivity index (χ1v) is 15.9. The molecule has 0 fully saturated rings. The van der Waals surface area contributed by atoms with Crippen LogP contribution in [0.2, 0.25) is 5.02 Å². The average molecular weight is 612 g/mol. The Morgan fingerprint density at radius 3 is 1.90 bits per heavy atom. The number of amides is 1. The largest absolute Gasteiger partial charge is 0.325 e. The van der Waals surface area contributed by atoms with Gasteiger partial charge in [-0.25, -0.2) is 16.8 Å². The van der Waals surface area contributed by atoms with Gasteiger partial charge in [0.15, 0.2) is 0 Å². The first-order valence-electron chi connectivity index (χ1n) is 12.6. The van der Waals surface area contributed by atoms with E-state index >= 15 is 0 Å². The van der Waals surface area contributed by atoms with Crippen LogP contribution in [-0.2, 0) is 24.8 Å². The molecule has 1 amide bonds. The van der Waals surface area contributed by atoms with Crippen molar-refractivity contribution in [3.63, 3.8) is 0 Å². The van der Waals surface area contributed by atoms with Crippen LogP contribution in [0.1, 0.15) is 22.3 Å². The van der Waals surface area contributed by atoms with Crippen LogP contribution < -0.4 is 14.3 Å². The fourth-order valence-electron chi connectivity index (χ4n) is 4.15. The number of carbonyl (C=O) groups is 1. The number of carbonyl (C=O) groups excluding carboxylic acids is 1. The van der Waals surface area contributed by atoms with Gasteiger partial charge < -0.3 is 5.32 Å². The molecule has 8 nitrogen and oxygen atoms in total. The molecule has 4 aromatic rings. The van der Waals surface area contributed by atoms with Crippen molar-refractivity contribution in [1.29, 1.82) is 0 Å². The number of hydrogen-bond donors (Lipinski definition) is 2. The molecule has 11 heteroatoms. The van der Waals surface area contributed by atoms with Crippen LogP contribution in [0.4, 0.5) is 17.1 Å². The maximum Gasteiger partial charge on any atom is 0.264 e. The molecule has 4 aromatic carbocycles. The fourth-order valence-corrected chi connectivity index (χ4v) is 6.89. The summed E-state index contributed by atoms with van der Waals surface area (Å²) in [5.74, 6) is -0.606. The Morgan fingerprint density at radius 2 is 1.32 bits per heavy atom. The minimum Gasteiger partial charge on any atom is -0.325 e. The van der Waals surface area contributed by atoms with Gasteiger partial charge >= 0.3 is 0 Å². The summed E-state index contributed by atoms with van der Waals surface area (Å²) in [4.78, 5) is 13.1. The maximum atomic E-state index is 13.6. The van der Waals surface area contributed by atoms with Gasteiger partial charge in [-0.3, -0.25) is 13.8 Å². The van der Waals surface area contributed by atoms with Crippen LogP contribution in [0, 0.1) is 27.7 Å². The third-order valence-electron chi connectivity index (χ3n) is 6.63. The molecule has 41 heavy (non-hydrogen) atoms. The number of hydrogen-bond acceptors (Lipinski definition) is 5. The van der Waals surface area contributed by atoms with E-state index in [1.54, 1.807) is 18.2 Å². The van der Waals surface area contributed by atoms with Crippen LogP contribution in [0.3, 0.4) is 0 Å². The number of rotatable bonds is 9. The molecule has 0 aliphatic heterocycles. The zero-order valence-electron chi connectivity index (χ0n) is 23.0. The highest BCUT2D eigenvalue weighted by atomic mass is 35.5. The van der Waals surface area contributed by atoms with Gasteiger partial charge in [0.25, 0.3) is 20.0 Å². The molecule has 0 radical (unpaired) electrons. The van der Waals surface area contributed by atoms with E-state index in [1.165, 1.54) is 48.5 Å². The molecule has 0 bridgehead atoms. The first-order chi connectivity index (χ1) is 19.3. The molecular formula is C30H30ClN3O5S2. The lowest BCUT2D eigenvalue weighted by Gasteiger charge is -2.25. The Kier molecular flexibility index (Phi) is 8.77. The number of halogens is 1. The fraction of sp³-hybridized carbons (Fsp3) is 0.167. The van der Waals surface area contributed by atoms with Gasteiger partial charge in [0.1, 0.15) is 6.54 Å². The highest BCUT2D eigenvalue weighted by Crippen LogP contribution is 2.27. The summed E-state index contributed by atoms with van der Waals surface area (Å²) in [6.07, 6.45) is 0. The van der Waals surface area contributed by atoms with Crippen molar-refractivity contribution < 1.29 is 21.6 Å². The molecule has 0 spiro atoms. The summed E-state index contributed by atoms with van der Waals surface area (Å²) in [5.41, 5.74) is 4.58. The number of nitrogens with zero attached hydrogens (tertiary/aromatic N) is 1. The number of nitrogens with one attached hydrogen (secondary N) is 2. The molecular weight excluding hydrogens is 582 g/mol. The monoisotopic (exact) mass is 611 g/mol. The first kappa shape index (κ1) is 30.1. The van der Waals surface area contributed by atoms with E-state index in [4.69, 9.17) is 11.6 Å². The second-order valence-corrected chi connectivity index (χ2v) is 13.7. The molecule has 2 N–H and O–H groups in total. The smallest absolute Gasteiger partial charge is 0.264 e. The molecule has 214 valence electrons. The number of para-hydroxylation sites is 1. The van der Waals surface area contributed by atoms with Crippen molar-refractivity contribution in [3.05, 3.63) is 112 Å². The van der Waals surface area contributed by atoms with Gasteiger partial charge in [0.2, 0.25) is 5.91 Å². The average Bonchev–Trinajstić information content (AvgIpc) is 2.91. The second kappa shape index (κ2) is 11.9. The molecule has 0 atom stereocenters. The molecule has 0 saturated carbocycles. The number of aryl methyl sites for hydroxylation is 4. The normalized spacial score (nSPS) is 11.6. The van der Waals surface area contributed by atoms with Crippen LogP contribution >= 0.6 is 11.6 Å². The summed E-state index contributed by atoms with van der Waals surface area (Å²) in [5, 5.41) is 3.05. The number of sulfonamides is 2. The standard InChI is InChI=1S/C30H30ClN3O5S2/c1-20-8-13-26(18-23(20)4)34(41(38,39)28-14-9-24(31)10-15-28)19-29(35)32-25-11-16-27(17-12-25)40(36,37)33-30-21(2)6-5-7-22(30)3/h5-18,33H,19H2,1-4H3,(H,32,35). The number of anilines is 3. The van der Waals surface area contributed by atoms with Crippen LogP contribution in [0.25, 0.3) is 0 Å². The molecule has 0 aromatic heterocycles. The van der Waals surface area contributed by atoms with Gasteiger partial charge in [0.05, 0.1) is 21.2 Å². The molecule has 0 heterocycles. The quantitative estimate of drug-likeness (QED) is 0.234. The van der Waals surface area contributed by atoms with Crippen LogP contribution in [0.5, 0.6) is 0 Å². The van der Waals surface area contributed by atoms with Crippen LogP contribution in [0.15, 0.2) is 94.7 Å². The lowest BCUT2D eigenvalue weighted by atomic mass is 10.1. The van der Waals surface area contributed by atoms with Gasteiger partial charge in [0, 0.05) is 10.7 Å². The van der Waals surface area contributed by atoms with Gasteiger partial charge in [-0.2, -0.15) is 0 Å². The SMILES string of the molecule is Cc1ccc(N(CC(=O)Nc2ccc(S(=O)(=O)Nc3c(C)cccc3C)cc2)S(=O)(=O)c2ccc(Cl)cc2)cc1C. The van der Waals surface area contributed by atoms with E-state index in [-0.39, 0.29) is 9.79 Å². The maximum absolute atomic E-state index is 13.6. The molecule has 4 rings (SSSR count). The van der Waals surface area contributed by atoms with Crippen molar-refractivity contribution in [2.45, 2.75) is 37.5 Å². The molecule has 0 aliphatic carbocycles. The van der Waals surface area contributed by atoms with Crippen molar-refractivity contribution in [3.8, 4) is 0 Å². The van der Waals surface area contributed by atoms with E-state index in [1.807, 2.05) is 45.9 Å². The summed E-state index contributed by atoms with van der Waals surface area (Å²) in [6, 6.07) is 22.0. The van der Waals surface area contributed by atoms with Crippen molar-refractivity contribution in [1.82, 2.24) is 0 Å². The molecule has 0 aliphatic rings. The predicted molar refractivity (Wildman–Crippen MR) is 164 cm³/mol. The van der Waals surface area contributed by atoms with Crippen LogP contribution in [-0.4, -0.2) is 29.3 Å². The zero-order chi connectivity index (χ0) is 29.9. The van der Waals surface area contributed by atoms with Crippen molar-refractivity contribution in [2.75, 3.05) is 20.9 Å². The summed E-state index contributed by atoms with van der Waals surface area (Å²) in [6.45, 7) is 6.89. The number of benzene rings is 4. The molecule has 0 unspecified atom stereocenters. The molecule has 0 saturated heterocycles. The van der Waals surface area contributed by atoms with Crippen molar-refractivity contribution in [2.24, 2.45) is 0 Å². The minimum atomic E-state index is -4.12. The van der Waals surface area contributed by atoms with E-state index in [2.05, 4.69) is 10.0 Å². The highest BCUT2D eigenvalue weighted by molar-refractivity contribution is 7.93. The summed E-state index contributed by atoms with van der Waals surface area (Å²) in [7, 11) is -8.00. The topological polar surface area (TPSA) is 113 Å². The highest BCUT2D eigenvalue weighted by Gasteiger charge is 2.28. The Bertz CT molecular complexity index is 1790. The lowest BCUT2D eigenvalue weighted by molar-refractivity contribution is -0.114. The van der Waals surface area contributed by atoms with E-state index in [0.717, 1.165) is 26.6 Å². The minimum absolute atomic E-state index is 0.0141. The van der Waals surface area contributed by atoms with E-state index in [0.29, 0.717) is 22.1 Å². The van der Waals surface area contributed by atoms with Gasteiger partial charge in [-0.05, 0) is 111 Å².